The summed E-state index contributed by atoms with van der Waals surface area (Å²) in [5.74, 6) is -2.25. The van der Waals surface area contributed by atoms with E-state index in [0.717, 1.165) is 6.08 Å². The van der Waals surface area contributed by atoms with Gasteiger partial charge >= 0.3 is 24.8 Å². The summed E-state index contributed by atoms with van der Waals surface area (Å²) in [7, 11) is 0. The van der Waals surface area contributed by atoms with Crippen LogP contribution in [0, 0.1) is 0 Å². The van der Waals surface area contributed by atoms with Crippen LogP contribution >= 0.6 is 0 Å². The molecule has 1 aromatic rings. The monoisotopic (exact) mass is 246 g/mol. The van der Waals surface area contributed by atoms with Gasteiger partial charge in [0, 0.05) is 6.08 Å². The normalized spacial score (nSPS) is 11.6. The van der Waals surface area contributed by atoms with Crippen LogP contribution in [0.25, 0.3) is 5.76 Å². The van der Waals surface area contributed by atoms with Gasteiger partial charge in [-0.2, -0.15) is 0 Å². The Morgan fingerprint density at radius 3 is 2.50 bits per heavy atom. The number of hydrogen-bond acceptors (Lipinski definition) is 5. The van der Waals surface area contributed by atoms with E-state index in [1.54, 1.807) is 26.8 Å². The Morgan fingerprint density at radius 2 is 2.06 bits per heavy atom. The molecule has 18 heavy (non-hydrogen) atoms. The van der Waals surface area contributed by atoms with Crippen molar-refractivity contribution in [1.29, 1.82) is 0 Å². The first kappa shape index (κ1) is 16.6. The molecule has 0 aliphatic heterocycles. The van der Waals surface area contributed by atoms with Crippen molar-refractivity contribution in [3.05, 3.63) is 30.2 Å². The molecule has 0 aliphatic carbocycles. The number of rotatable bonds is 3. The molecule has 0 radical (unpaired) electrons. The average molecular weight is 246 g/mol. The quantitative estimate of drug-likeness (QED) is 0.248. The van der Waals surface area contributed by atoms with Gasteiger partial charge in [-0.05, 0) is 32.9 Å². The van der Waals surface area contributed by atoms with Gasteiger partial charge in [0.2, 0.25) is 0 Å². The Labute approximate surface area is 118 Å². The van der Waals surface area contributed by atoms with E-state index in [9.17, 15) is 14.7 Å². The van der Waals surface area contributed by atoms with Gasteiger partial charge in [-0.25, -0.2) is 4.79 Å². The van der Waals surface area contributed by atoms with Gasteiger partial charge in [0.15, 0.2) is 11.5 Å². The molecule has 0 amide bonds. The number of hydrogen-bond donors (Lipinski definition) is 1. The molecule has 0 aliphatic rings. The molecule has 5 nitrogen and oxygen atoms in total. The zero-order valence-corrected chi connectivity index (χ0v) is 10.9. The summed E-state index contributed by atoms with van der Waals surface area (Å²) < 4.78 is 9.70. The summed E-state index contributed by atoms with van der Waals surface area (Å²) in [6.07, 6.45) is 2.12. The number of aliphatic hydroxyl groups is 1. The predicted molar refractivity (Wildman–Crippen MR) is 61.3 cm³/mol. The number of carbonyl (C=O) groups is 2. The van der Waals surface area contributed by atoms with Crippen LogP contribution in [-0.4, -0.2) is 22.5 Å². The molecule has 6 heteroatoms. The molecular formula is C12H15LiO5. The third-order valence-corrected chi connectivity index (χ3v) is 1.64. The predicted octanol–water partition coefficient (Wildman–Crippen LogP) is -0.794. The topological polar surface area (TPSA) is 76.7 Å². The van der Waals surface area contributed by atoms with E-state index in [-0.39, 0.29) is 26.0 Å². The summed E-state index contributed by atoms with van der Waals surface area (Å²) in [6.45, 7) is 4.94. The van der Waals surface area contributed by atoms with Crippen LogP contribution in [0.2, 0.25) is 0 Å². The van der Waals surface area contributed by atoms with Gasteiger partial charge in [-0.1, -0.05) is 0 Å². The molecule has 0 atom stereocenters. The number of carbonyl (C=O) groups excluding carboxylic acids is 2. The van der Waals surface area contributed by atoms with Crippen LogP contribution in [-0.2, 0) is 14.3 Å². The van der Waals surface area contributed by atoms with Gasteiger partial charge in [0.05, 0.1) is 6.26 Å². The number of furan rings is 1. The molecule has 94 valence electrons. The van der Waals surface area contributed by atoms with E-state index in [2.05, 4.69) is 0 Å². The molecule has 0 spiro atoms. The van der Waals surface area contributed by atoms with Crippen molar-refractivity contribution in [1.82, 2.24) is 0 Å². The Bertz CT molecular complexity index is 445. The first-order valence-corrected chi connectivity index (χ1v) is 5.01. The minimum absolute atomic E-state index is 0. The van der Waals surface area contributed by atoms with E-state index < -0.39 is 23.1 Å². The molecule has 0 unspecified atom stereocenters. The fourth-order valence-corrected chi connectivity index (χ4v) is 1.01. The van der Waals surface area contributed by atoms with Crippen molar-refractivity contribution >= 4 is 17.5 Å². The molecule has 0 saturated heterocycles. The van der Waals surface area contributed by atoms with E-state index in [1.807, 2.05) is 0 Å². The maximum absolute atomic E-state index is 11.4. The third-order valence-electron chi connectivity index (χ3n) is 1.64. The average Bonchev–Trinajstić information content (AvgIpc) is 2.67. The van der Waals surface area contributed by atoms with Crippen molar-refractivity contribution in [3.8, 4) is 0 Å². The molecule has 1 rings (SSSR count). The fourth-order valence-electron chi connectivity index (χ4n) is 1.01. The van der Waals surface area contributed by atoms with E-state index in [1.165, 1.54) is 12.3 Å². The Morgan fingerprint density at radius 1 is 1.44 bits per heavy atom. The van der Waals surface area contributed by atoms with Gasteiger partial charge in [-0.3, -0.25) is 4.79 Å². The van der Waals surface area contributed by atoms with Crippen LogP contribution < -0.4 is 18.9 Å². The number of ketones is 1. The van der Waals surface area contributed by atoms with Gasteiger partial charge < -0.3 is 15.7 Å². The van der Waals surface area contributed by atoms with Crippen molar-refractivity contribution in [2.45, 2.75) is 26.4 Å². The van der Waals surface area contributed by atoms with Gasteiger partial charge in [-0.15, -0.1) is 0 Å². The number of ether oxygens (including phenoxy) is 1. The fraction of sp³-hybridized carbons (Fsp3) is 0.333. The zero-order chi connectivity index (χ0) is 13.1. The molecule has 0 aromatic carbocycles. The SMILES string of the molecule is CC(C)(C)OC(=O)C(=O)C=C(O)c1ccco1.[H-].[Li+]. The van der Waals surface area contributed by atoms with Gasteiger partial charge in [0.1, 0.15) is 5.60 Å². The Kier molecular flexibility index (Phi) is 5.96. The smallest absolute Gasteiger partial charge is 1.00 e. The maximum atomic E-state index is 11.4. The minimum atomic E-state index is -1.02. The molecule has 0 saturated carbocycles. The Hall–Kier alpha value is -1.44. The summed E-state index contributed by atoms with van der Waals surface area (Å²) in [5, 5.41) is 9.47. The second-order valence-corrected chi connectivity index (χ2v) is 4.37. The van der Waals surface area contributed by atoms with Crippen LogP contribution in [0.1, 0.15) is 28.0 Å². The molecule has 0 bridgehead atoms. The second-order valence-electron chi connectivity index (χ2n) is 4.37. The summed E-state index contributed by atoms with van der Waals surface area (Å²) >= 11 is 0. The molecule has 0 fully saturated rings. The van der Waals surface area contributed by atoms with E-state index in [0.29, 0.717) is 0 Å². The van der Waals surface area contributed by atoms with Crippen LogP contribution in [0.4, 0.5) is 0 Å². The van der Waals surface area contributed by atoms with Crippen LogP contribution in [0.15, 0.2) is 28.9 Å². The van der Waals surface area contributed by atoms with E-state index in [4.69, 9.17) is 9.15 Å². The zero-order valence-electron chi connectivity index (χ0n) is 11.9. The summed E-state index contributed by atoms with van der Waals surface area (Å²) in [4.78, 5) is 22.7. The number of aliphatic hydroxyl groups excluding tert-OH is 1. The Balaban J connectivity index is 0. The minimum Gasteiger partial charge on any atom is -1.00 e. The van der Waals surface area contributed by atoms with Crippen molar-refractivity contribution in [2.24, 2.45) is 0 Å². The molecule has 1 heterocycles. The van der Waals surface area contributed by atoms with Crippen LogP contribution in [0.5, 0.6) is 0 Å². The third kappa shape index (κ3) is 5.26. The number of esters is 1. The standard InChI is InChI=1S/C12H14O5.Li.H/c1-12(2,3)17-11(15)9(14)7-8(13)10-5-4-6-16-10;;/h4-7,13H,1-3H3;;/q;+1;-1. The van der Waals surface area contributed by atoms with Crippen molar-refractivity contribution < 1.29 is 44.1 Å². The second kappa shape index (κ2) is 6.48. The summed E-state index contributed by atoms with van der Waals surface area (Å²) in [6, 6.07) is 3.02. The summed E-state index contributed by atoms with van der Waals surface area (Å²) in [5.41, 5.74) is -0.749. The molecule has 1 aromatic heterocycles. The largest absolute Gasteiger partial charge is 1.00 e. The molecule has 1 N–H and O–H groups in total. The maximum Gasteiger partial charge on any atom is 1.00 e. The van der Waals surface area contributed by atoms with Crippen LogP contribution in [0.3, 0.4) is 0 Å². The van der Waals surface area contributed by atoms with Crippen molar-refractivity contribution in [2.75, 3.05) is 0 Å². The van der Waals surface area contributed by atoms with Crippen molar-refractivity contribution in [3.63, 3.8) is 0 Å². The first-order valence-electron chi connectivity index (χ1n) is 5.01. The molecular weight excluding hydrogens is 231 g/mol. The van der Waals surface area contributed by atoms with Gasteiger partial charge in [0.25, 0.3) is 5.78 Å². The van der Waals surface area contributed by atoms with E-state index >= 15 is 0 Å². The first-order chi connectivity index (χ1) is 7.79.